The van der Waals surface area contributed by atoms with Crippen LogP contribution in [0.5, 0.6) is 0 Å². The molecule has 1 fully saturated rings. The first kappa shape index (κ1) is 9.33. The number of H-pyrrole nitrogens is 1. The fourth-order valence-corrected chi connectivity index (χ4v) is 2.16. The maximum Gasteiger partial charge on any atom is 0.0873 e. The second kappa shape index (κ2) is 3.92. The van der Waals surface area contributed by atoms with Crippen LogP contribution in [-0.2, 0) is 22.5 Å². The molecule has 1 unspecified atom stereocenters. The SMILES string of the molecule is C1COCC(c2n[nH]c3c2COCC3)N1. The van der Waals surface area contributed by atoms with E-state index in [1.165, 1.54) is 11.3 Å². The summed E-state index contributed by atoms with van der Waals surface area (Å²) in [4.78, 5) is 0. The lowest BCUT2D eigenvalue weighted by atomic mass is 10.0. The highest BCUT2D eigenvalue weighted by Gasteiger charge is 2.25. The van der Waals surface area contributed by atoms with Gasteiger partial charge in [0.05, 0.1) is 38.2 Å². The smallest absolute Gasteiger partial charge is 0.0873 e. The van der Waals surface area contributed by atoms with Gasteiger partial charge >= 0.3 is 0 Å². The molecule has 0 aromatic carbocycles. The zero-order chi connectivity index (χ0) is 10.1. The molecule has 0 radical (unpaired) electrons. The summed E-state index contributed by atoms with van der Waals surface area (Å²) < 4.78 is 10.9. The number of aromatic nitrogens is 2. The van der Waals surface area contributed by atoms with Gasteiger partial charge < -0.3 is 14.8 Å². The van der Waals surface area contributed by atoms with E-state index in [1.807, 2.05) is 0 Å². The number of ether oxygens (including phenoxy) is 2. The summed E-state index contributed by atoms with van der Waals surface area (Å²) in [6.45, 7) is 3.87. The van der Waals surface area contributed by atoms with E-state index in [2.05, 4.69) is 15.5 Å². The predicted molar refractivity (Wildman–Crippen MR) is 53.5 cm³/mol. The lowest BCUT2D eigenvalue weighted by Crippen LogP contribution is -2.35. The maximum atomic E-state index is 5.46. The third-order valence-corrected chi connectivity index (χ3v) is 2.98. The van der Waals surface area contributed by atoms with Gasteiger partial charge in [0.1, 0.15) is 0 Å². The van der Waals surface area contributed by atoms with Gasteiger partial charge in [0.15, 0.2) is 0 Å². The first-order valence-electron chi connectivity index (χ1n) is 5.40. The highest BCUT2D eigenvalue weighted by molar-refractivity contribution is 5.29. The topological polar surface area (TPSA) is 59.2 Å². The number of hydrogen-bond donors (Lipinski definition) is 2. The molecule has 1 atom stereocenters. The van der Waals surface area contributed by atoms with Crippen LogP contribution < -0.4 is 5.32 Å². The number of rotatable bonds is 1. The van der Waals surface area contributed by atoms with Crippen LogP contribution in [0.4, 0.5) is 0 Å². The number of nitrogens with one attached hydrogen (secondary N) is 2. The molecule has 2 aliphatic heterocycles. The maximum absolute atomic E-state index is 5.46. The molecular weight excluding hydrogens is 194 g/mol. The van der Waals surface area contributed by atoms with Gasteiger partial charge in [0.25, 0.3) is 0 Å². The molecule has 0 spiro atoms. The van der Waals surface area contributed by atoms with E-state index in [0.717, 1.165) is 31.9 Å². The molecule has 0 aliphatic carbocycles. The summed E-state index contributed by atoms with van der Waals surface area (Å²) >= 11 is 0. The molecule has 1 saturated heterocycles. The predicted octanol–water partition coefficient (Wildman–Crippen LogP) is 0.143. The van der Waals surface area contributed by atoms with Crippen molar-refractivity contribution in [3.8, 4) is 0 Å². The van der Waals surface area contributed by atoms with Crippen LogP contribution in [0.2, 0.25) is 0 Å². The summed E-state index contributed by atoms with van der Waals surface area (Å²) in [5.41, 5.74) is 3.53. The number of hydrogen-bond acceptors (Lipinski definition) is 4. The van der Waals surface area contributed by atoms with E-state index < -0.39 is 0 Å². The summed E-state index contributed by atoms with van der Waals surface area (Å²) in [6.07, 6.45) is 0.940. The van der Waals surface area contributed by atoms with Crippen molar-refractivity contribution < 1.29 is 9.47 Å². The fraction of sp³-hybridized carbons (Fsp3) is 0.700. The molecule has 1 aromatic heterocycles. The van der Waals surface area contributed by atoms with E-state index in [0.29, 0.717) is 13.2 Å². The molecule has 5 heteroatoms. The number of fused-ring (bicyclic) bond motifs is 1. The lowest BCUT2D eigenvalue weighted by Gasteiger charge is -2.24. The molecule has 2 aliphatic rings. The average molecular weight is 209 g/mol. The first-order chi connectivity index (χ1) is 7.45. The number of morpholine rings is 1. The molecule has 3 heterocycles. The van der Waals surface area contributed by atoms with E-state index in [4.69, 9.17) is 9.47 Å². The second-order valence-corrected chi connectivity index (χ2v) is 3.95. The van der Waals surface area contributed by atoms with Crippen molar-refractivity contribution in [1.29, 1.82) is 0 Å². The minimum Gasteiger partial charge on any atom is -0.378 e. The molecule has 82 valence electrons. The van der Waals surface area contributed by atoms with Gasteiger partial charge in [0.2, 0.25) is 0 Å². The Balaban J connectivity index is 1.87. The Hall–Kier alpha value is -0.910. The standard InChI is InChI=1S/C10H15N3O2/c1-3-14-5-7-8(1)12-13-10(7)9-6-15-4-2-11-9/h9,11H,1-6H2,(H,12,13). The summed E-state index contributed by atoms with van der Waals surface area (Å²) in [6, 6.07) is 0.223. The van der Waals surface area contributed by atoms with Gasteiger partial charge in [-0.05, 0) is 0 Å². The van der Waals surface area contributed by atoms with Crippen molar-refractivity contribution in [1.82, 2.24) is 15.5 Å². The Bertz CT molecular complexity index is 344. The van der Waals surface area contributed by atoms with Crippen molar-refractivity contribution in [3.63, 3.8) is 0 Å². The number of nitrogens with zero attached hydrogens (tertiary/aromatic N) is 1. The highest BCUT2D eigenvalue weighted by atomic mass is 16.5. The van der Waals surface area contributed by atoms with Crippen molar-refractivity contribution in [2.45, 2.75) is 19.1 Å². The third-order valence-electron chi connectivity index (χ3n) is 2.98. The zero-order valence-corrected chi connectivity index (χ0v) is 8.58. The molecule has 0 amide bonds. The van der Waals surface area contributed by atoms with Crippen LogP contribution in [0, 0.1) is 0 Å². The van der Waals surface area contributed by atoms with Crippen LogP contribution in [0.25, 0.3) is 0 Å². The Morgan fingerprint density at radius 3 is 3.13 bits per heavy atom. The van der Waals surface area contributed by atoms with Crippen LogP contribution in [0.15, 0.2) is 0 Å². The highest BCUT2D eigenvalue weighted by Crippen LogP contribution is 2.24. The first-order valence-corrected chi connectivity index (χ1v) is 5.40. The molecule has 2 N–H and O–H groups in total. The minimum atomic E-state index is 0.223. The van der Waals surface area contributed by atoms with Crippen molar-refractivity contribution >= 4 is 0 Å². The second-order valence-electron chi connectivity index (χ2n) is 3.95. The summed E-state index contributed by atoms with van der Waals surface area (Å²) in [5.74, 6) is 0. The largest absolute Gasteiger partial charge is 0.378 e. The average Bonchev–Trinajstić information content (AvgIpc) is 2.74. The molecular formula is C10H15N3O2. The molecule has 5 nitrogen and oxygen atoms in total. The van der Waals surface area contributed by atoms with Gasteiger partial charge in [-0.1, -0.05) is 0 Å². The quantitative estimate of drug-likeness (QED) is 0.691. The van der Waals surface area contributed by atoms with Gasteiger partial charge in [-0.15, -0.1) is 0 Å². The van der Waals surface area contributed by atoms with Gasteiger partial charge in [-0.2, -0.15) is 5.10 Å². The summed E-state index contributed by atoms with van der Waals surface area (Å²) in [7, 11) is 0. The molecule has 0 saturated carbocycles. The van der Waals surface area contributed by atoms with Crippen molar-refractivity contribution in [2.24, 2.45) is 0 Å². The molecule has 15 heavy (non-hydrogen) atoms. The van der Waals surface area contributed by atoms with E-state index in [-0.39, 0.29) is 6.04 Å². The summed E-state index contributed by atoms with van der Waals surface area (Å²) in [5, 5.41) is 10.9. The monoisotopic (exact) mass is 209 g/mol. The normalized spacial score (nSPS) is 26.3. The zero-order valence-electron chi connectivity index (χ0n) is 8.58. The van der Waals surface area contributed by atoms with Crippen LogP contribution in [-0.4, -0.2) is 36.6 Å². The van der Waals surface area contributed by atoms with Crippen LogP contribution in [0.1, 0.15) is 23.0 Å². The van der Waals surface area contributed by atoms with Gasteiger partial charge in [0, 0.05) is 24.2 Å². The Morgan fingerprint density at radius 1 is 1.27 bits per heavy atom. The Kier molecular flexibility index (Phi) is 2.44. The minimum absolute atomic E-state index is 0.223. The molecule has 0 bridgehead atoms. The fourth-order valence-electron chi connectivity index (χ4n) is 2.16. The van der Waals surface area contributed by atoms with Gasteiger partial charge in [-0.25, -0.2) is 0 Å². The van der Waals surface area contributed by atoms with Gasteiger partial charge in [-0.3, -0.25) is 5.10 Å². The Morgan fingerprint density at radius 2 is 2.27 bits per heavy atom. The Labute approximate surface area is 88.1 Å². The van der Waals surface area contributed by atoms with Crippen molar-refractivity contribution in [3.05, 3.63) is 17.0 Å². The molecule has 3 rings (SSSR count). The van der Waals surface area contributed by atoms with E-state index in [1.54, 1.807) is 0 Å². The van der Waals surface area contributed by atoms with Crippen LogP contribution in [0.3, 0.4) is 0 Å². The number of aromatic amines is 1. The van der Waals surface area contributed by atoms with Crippen LogP contribution >= 0.6 is 0 Å². The van der Waals surface area contributed by atoms with Crippen molar-refractivity contribution in [2.75, 3.05) is 26.4 Å². The lowest BCUT2D eigenvalue weighted by molar-refractivity contribution is 0.0728. The molecule has 1 aromatic rings. The van der Waals surface area contributed by atoms with E-state index in [9.17, 15) is 0 Å². The van der Waals surface area contributed by atoms with E-state index >= 15 is 0 Å². The third kappa shape index (κ3) is 1.67.